The van der Waals surface area contributed by atoms with Gasteiger partial charge in [-0.2, -0.15) is 4.31 Å². The second-order valence-corrected chi connectivity index (χ2v) is 12.2. The highest BCUT2D eigenvalue weighted by atomic mass is 32.2. The third-order valence-electron chi connectivity index (χ3n) is 6.93. The van der Waals surface area contributed by atoms with Crippen LogP contribution in [0, 0.1) is 19.8 Å². The SMILES string of the molecule is Cc1ccc(S(=O)(=O)N2CCC(C(=O)N3CCN(c4nc5c(C)cccc5s4)CC3)CC2)cc1. The summed E-state index contributed by atoms with van der Waals surface area (Å²) in [5.41, 5.74) is 3.28. The predicted molar refractivity (Wildman–Crippen MR) is 136 cm³/mol. The Bertz CT molecular complexity index is 1290. The smallest absolute Gasteiger partial charge is 0.243 e. The van der Waals surface area contributed by atoms with Crippen LogP contribution in [-0.4, -0.2) is 67.8 Å². The zero-order valence-electron chi connectivity index (χ0n) is 19.6. The van der Waals surface area contributed by atoms with Crippen molar-refractivity contribution in [3.8, 4) is 0 Å². The van der Waals surface area contributed by atoms with Crippen LogP contribution < -0.4 is 4.90 Å². The molecule has 1 amide bonds. The Morgan fingerprint density at radius 3 is 2.26 bits per heavy atom. The molecule has 3 aromatic rings. The molecule has 3 heterocycles. The molecular weight excluding hydrogens is 468 g/mol. The number of amides is 1. The maximum Gasteiger partial charge on any atom is 0.243 e. The topological polar surface area (TPSA) is 73.8 Å². The Kier molecular flexibility index (Phi) is 6.35. The van der Waals surface area contributed by atoms with Gasteiger partial charge in [0.1, 0.15) is 0 Å². The molecule has 2 fully saturated rings. The lowest BCUT2D eigenvalue weighted by Crippen LogP contribution is -2.52. The fourth-order valence-electron chi connectivity index (χ4n) is 4.79. The Balaban J connectivity index is 1.16. The van der Waals surface area contributed by atoms with Gasteiger partial charge in [-0.05, 0) is 50.5 Å². The highest BCUT2D eigenvalue weighted by Gasteiger charge is 2.35. The van der Waals surface area contributed by atoms with E-state index in [-0.39, 0.29) is 11.8 Å². The predicted octanol–water partition coefficient (Wildman–Crippen LogP) is 3.66. The number of carbonyl (C=O) groups excluding carboxylic acids is 1. The normalized spacial score (nSPS) is 18.5. The minimum Gasteiger partial charge on any atom is -0.345 e. The molecule has 0 aliphatic carbocycles. The first-order valence-corrected chi connectivity index (χ1v) is 14.1. The van der Waals surface area contributed by atoms with Crippen LogP contribution in [0.15, 0.2) is 47.4 Å². The lowest BCUT2D eigenvalue weighted by molar-refractivity contribution is -0.137. The van der Waals surface area contributed by atoms with Crippen molar-refractivity contribution in [1.29, 1.82) is 0 Å². The number of hydrogen-bond donors (Lipinski definition) is 0. The van der Waals surface area contributed by atoms with Crippen LogP contribution in [0.2, 0.25) is 0 Å². The average Bonchev–Trinajstić information content (AvgIpc) is 3.30. The van der Waals surface area contributed by atoms with Gasteiger partial charge in [-0.3, -0.25) is 4.79 Å². The summed E-state index contributed by atoms with van der Waals surface area (Å²) in [6, 6.07) is 13.2. The second-order valence-electron chi connectivity index (χ2n) is 9.22. The lowest BCUT2D eigenvalue weighted by Gasteiger charge is -2.38. The Labute approximate surface area is 205 Å². The van der Waals surface area contributed by atoms with E-state index in [4.69, 9.17) is 4.98 Å². The third-order valence-corrected chi connectivity index (χ3v) is 9.93. The summed E-state index contributed by atoms with van der Waals surface area (Å²) in [5.74, 6) is 0.0493. The van der Waals surface area contributed by atoms with Gasteiger partial charge < -0.3 is 9.80 Å². The molecule has 2 aromatic carbocycles. The molecule has 0 spiro atoms. The number of hydrogen-bond acceptors (Lipinski definition) is 6. The molecule has 2 aliphatic heterocycles. The number of anilines is 1. The van der Waals surface area contributed by atoms with Crippen LogP contribution in [0.1, 0.15) is 24.0 Å². The van der Waals surface area contributed by atoms with E-state index in [0.717, 1.165) is 29.3 Å². The largest absolute Gasteiger partial charge is 0.345 e. The summed E-state index contributed by atoms with van der Waals surface area (Å²) in [7, 11) is -3.51. The molecule has 0 N–H and O–H groups in total. The number of para-hydroxylation sites is 1. The fourth-order valence-corrected chi connectivity index (χ4v) is 7.35. The van der Waals surface area contributed by atoms with Crippen molar-refractivity contribution in [1.82, 2.24) is 14.2 Å². The van der Waals surface area contributed by atoms with E-state index in [2.05, 4.69) is 30.0 Å². The average molecular weight is 499 g/mol. The first-order chi connectivity index (χ1) is 16.3. The lowest BCUT2D eigenvalue weighted by atomic mass is 9.96. The molecule has 2 saturated heterocycles. The minimum atomic E-state index is -3.51. The number of thiazole rings is 1. The van der Waals surface area contributed by atoms with Crippen molar-refractivity contribution in [2.75, 3.05) is 44.2 Å². The number of piperazine rings is 1. The number of benzene rings is 2. The highest BCUT2D eigenvalue weighted by molar-refractivity contribution is 7.89. The molecule has 0 radical (unpaired) electrons. The van der Waals surface area contributed by atoms with Crippen molar-refractivity contribution in [3.63, 3.8) is 0 Å². The van der Waals surface area contributed by atoms with Gasteiger partial charge in [-0.1, -0.05) is 41.2 Å². The van der Waals surface area contributed by atoms with Gasteiger partial charge in [0.25, 0.3) is 0 Å². The number of carbonyl (C=O) groups is 1. The van der Waals surface area contributed by atoms with Gasteiger partial charge in [-0.25, -0.2) is 13.4 Å². The number of piperidine rings is 1. The van der Waals surface area contributed by atoms with Crippen molar-refractivity contribution < 1.29 is 13.2 Å². The van der Waals surface area contributed by atoms with E-state index in [0.29, 0.717) is 43.9 Å². The summed E-state index contributed by atoms with van der Waals surface area (Å²) < 4.78 is 28.6. The van der Waals surface area contributed by atoms with Gasteiger partial charge >= 0.3 is 0 Å². The summed E-state index contributed by atoms with van der Waals surface area (Å²) in [6.45, 7) is 7.68. The van der Waals surface area contributed by atoms with Crippen LogP contribution >= 0.6 is 11.3 Å². The van der Waals surface area contributed by atoms with Crippen LogP contribution in [0.4, 0.5) is 5.13 Å². The number of nitrogens with zero attached hydrogens (tertiary/aromatic N) is 4. The number of sulfonamides is 1. The van der Waals surface area contributed by atoms with Gasteiger partial charge in [0.2, 0.25) is 15.9 Å². The standard InChI is InChI=1S/C25H30N4O3S2/c1-18-6-8-21(9-7-18)34(31,32)29-12-10-20(11-13-29)24(30)27-14-16-28(17-15-27)25-26-23-19(2)4-3-5-22(23)33-25/h3-9,20H,10-17H2,1-2H3. The minimum absolute atomic E-state index is 0.110. The maximum atomic E-state index is 13.2. The van der Waals surface area contributed by atoms with Crippen molar-refractivity contribution in [3.05, 3.63) is 53.6 Å². The van der Waals surface area contributed by atoms with Gasteiger partial charge in [-0.15, -0.1) is 0 Å². The quantitative estimate of drug-likeness (QED) is 0.549. The third kappa shape index (κ3) is 4.44. The van der Waals surface area contributed by atoms with E-state index in [9.17, 15) is 13.2 Å². The van der Waals surface area contributed by atoms with Gasteiger partial charge in [0.15, 0.2) is 5.13 Å². The van der Waals surface area contributed by atoms with E-state index in [1.54, 1.807) is 23.5 Å². The Morgan fingerprint density at radius 2 is 1.62 bits per heavy atom. The van der Waals surface area contributed by atoms with Crippen molar-refractivity contribution >= 4 is 42.6 Å². The highest BCUT2D eigenvalue weighted by Crippen LogP contribution is 2.31. The van der Waals surface area contributed by atoms with Crippen LogP contribution in [0.3, 0.4) is 0 Å². The number of aryl methyl sites for hydroxylation is 2. The number of fused-ring (bicyclic) bond motifs is 1. The molecule has 34 heavy (non-hydrogen) atoms. The van der Waals surface area contributed by atoms with Gasteiger partial charge in [0.05, 0.1) is 15.1 Å². The first-order valence-electron chi connectivity index (χ1n) is 11.8. The van der Waals surface area contributed by atoms with Gasteiger partial charge in [0, 0.05) is 45.2 Å². The number of rotatable bonds is 4. The summed E-state index contributed by atoms with van der Waals surface area (Å²) in [4.78, 5) is 22.5. The van der Waals surface area contributed by atoms with E-state index < -0.39 is 10.0 Å². The molecule has 0 unspecified atom stereocenters. The zero-order chi connectivity index (χ0) is 23.9. The summed E-state index contributed by atoms with van der Waals surface area (Å²) in [6.07, 6.45) is 1.14. The number of aromatic nitrogens is 1. The Hall–Kier alpha value is -2.49. The summed E-state index contributed by atoms with van der Waals surface area (Å²) >= 11 is 1.71. The first kappa shape index (κ1) is 23.3. The van der Waals surface area contributed by atoms with E-state index in [1.165, 1.54) is 14.6 Å². The van der Waals surface area contributed by atoms with E-state index >= 15 is 0 Å². The Morgan fingerprint density at radius 1 is 0.941 bits per heavy atom. The molecule has 2 aliphatic rings. The molecule has 0 atom stereocenters. The van der Waals surface area contributed by atoms with E-state index in [1.807, 2.05) is 24.0 Å². The molecule has 0 saturated carbocycles. The fraction of sp³-hybridized carbons (Fsp3) is 0.440. The van der Waals surface area contributed by atoms with Crippen LogP contribution in [0.5, 0.6) is 0 Å². The molecule has 9 heteroatoms. The van der Waals surface area contributed by atoms with Crippen LogP contribution in [0.25, 0.3) is 10.2 Å². The monoisotopic (exact) mass is 498 g/mol. The molecule has 5 rings (SSSR count). The van der Waals surface area contributed by atoms with Crippen molar-refractivity contribution in [2.45, 2.75) is 31.6 Å². The van der Waals surface area contributed by atoms with Crippen molar-refractivity contribution in [2.24, 2.45) is 5.92 Å². The molecular formula is C25H30N4O3S2. The molecule has 180 valence electrons. The molecule has 0 bridgehead atoms. The maximum absolute atomic E-state index is 13.2. The molecule has 1 aromatic heterocycles. The summed E-state index contributed by atoms with van der Waals surface area (Å²) in [5, 5.41) is 1.02. The second kappa shape index (κ2) is 9.28. The zero-order valence-corrected chi connectivity index (χ0v) is 21.2. The molecule has 7 nitrogen and oxygen atoms in total. The van der Waals surface area contributed by atoms with Crippen LogP contribution in [-0.2, 0) is 14.8 Å².